The standard InChI is InChI=1S/C31H34N4O3/c1-2-28(33-17-19-34(20-18-33)29(36)23-38-22-25-13-7-4-8-14-25)30-32-27-16-10-9-15-26(27)31(37)35(30)21-24-11-5-3-6-12-24/h3-16,28H,2,17-23H2,1H3. The maximum absolute atomic E-state index is 13.6. The van der Waals surface area contributed by atoms with Crippen LogP contribution in [0.1, 0.15) is 36.3 Å². The lowest BCUT2D eigenvalue weighted by atomic mass is 10.1. The predicted octanol–water partition coefficient (Wildman–Crippen LogP) is 4.26. The lowest BCUT2D eigenvalue weighted by molar-refractivity contribution is -0.138. The van der Waals surface area contributed by atoms with Crippen LogP contribution in [0.5, 0.6) is 0 Å². The second-order valence-corrected chi connectivity index (χ2v) is 9.68. The number of benzene rings is 3. The monoisotopic (exact) mass is 510 g/mol. The minimum atomic E-state index is -0.0254. The summed E-state index contributed by atoms with van der Waals surface area (Å²) < 4.78 is 7.51. The van der Waals surface area contributed by atoms with E-state index in [-0.39, 0.29) is 24.1 Å². The Kier molecular flexibility index (Phi) is 8.26. The van der Waals surface area contributed by atoms with Gasteiger partial charge in [-0.05, 0) is 29.7 Å². The average molecular weight is 511 g/mol. The first kappa shape index (κ1) is 25.8. The summed E-state index contributed by atoms with van der Waals surface area (Å²) in [6.07, 6.45) is 0.813. The number of rotatable bonds is 9. The molecule has 38 heavy (non-hydrogen) atoms. The van der Waals surface area contributed by atoms with Crippen LogP contribution in [0.4, 0.5) is 0 Å². The molecule has 1 atom stereocenters. The van der Waals surface area contributed by atoms with Crippen molar-refractivity contribution < 1.29 is 9.53 Å². The van der Waals surface area contributed by atoms with Crippen molar-refractivity contribution in [1.29, 1.82) is 0 Å². The highest BCUT2D eigenvalue weighted by Crippen LogP contribution is 2.25. The van der Waals surface area contributed by atoms with E-state index in [0.717, 1.165) is 42.0 Å². The number of fused-ring (bicyclic) bond motifs is 1. The van der Waals surface area contributed by atoms with Crippen LogP contribution < -0.4 is 5.56 Å². The Morgan fingerprint density at radius 3 is 2.18 bits per heavy atom. The Morgan fingerprint density at radius 1 is 0.868 bits per heavy atom. The molecular formula is C31H34N4O3. The minimum Gasteiger partial charge on any atom is -0.367 e. The van der Waals surface area contributed by atoms with Gasteiger partial charge in [0.05, 0.1) is 30.1 Å². The second-order valence-electron chi connectivity index (χ2n) is 9.68. The summed E-state index contributed by atoms with van der Waals surface area (Å²) in [6, 6.07) is 27.5. The number of para-hydroxylation sites is 1. The summed E-state index contributed by atoms with van der Waals surface area (Å²) in [4.78, 5) is 35.7. The quantitative estimate of drug-likeness (QED) is 0.337. The fourth-order valence-electron chi connectivity index (χ4n) is 5.17. The molecule has 0 saturated carbocycles. The molecule has 1 aliphatic rings. The molecule has 0 radical (unpaired) electrons. The number of carbonyl (C=O) groups is 1. The Bertz CT molecular complexity index is 1410. The number of carbonyl (C=O) groups excluding carboxylic acids is 1. The fourth-order valence-corrected chi connectivity index (χ4v) is 5.17. The smallest absolute Gasteiger partial charge is 0.261 e. The van der Waals surface area contributed by atoms with Crippen LogP contribution in [-0.4, -0.2) is 58.0 Å². The van der Waals surface area contributed by atoms with Crippen LogP contribution in [0.2, 0.25) is 0 Å². The van der Waals surface area contributed by atoms with Gasteiger partial charge in [0.25, 0.3) is 5.56 Å². The summed E-state index contributed by atoms with van der Waals surface area (Å²) in [5.41, 5.74) is 2.82. The van der Waals surface area contributed by atoms with Gasteiger partial charge in [-0.1, -0.05) is 79.7 Å². The van der Waals surface area contributed by atoms with E-state index in [1.807, 2.05) is 94.4 Å². The molecule has 4 aromatic rings. The molecule has 1 unspecified atom stereocenters. The first-order valence-corrected chi connectivity index (χ1v) is 13.3. The largest absolute Gasteiger partial charge is 0.367 e. The molecule has 2 heterocycles. The number of nitrogens with zero attached hydrogens (tertiary/aromatic N) is 4. The van der Waals surface area contributed by atoms with E-state index in [0.29, 0.717) is 31.6 Å². The zero-order valence-corrected chi connectivity index (χ0v) is 21.8. The normalized spacial score (nSPS) is 15.0. The summed E-state index contributed by atoms with van der Waals surface area (Å²) in [6.45, 7) is 5.80. The van der Waals surface area contributed by atoms with E-state index in [4.69, 9.17) is 9.72 Å². The second kappa shape index (κ2) is 12.2. The molecule has 1 fully saturated rings. The van der Waals surface area contributed by atoms with Crippen molar-refractivity contribution in [2.45, 2.75) is 32.5 Å². The van der Waals surface area contributed by atoms with Gasteiger partial charge in [0.2, 0.25) is 5.91 Å². The third kappa shape index (κ3) is 5.85. The molecule has 0 spiro atoms. The molecule has 1 amide bonds. The highest BCUT2D eigenvalue weighted by atomic mass is 16.5. The molecule has 0 bridgehead atoms. The molecule has 0 aliphatic carbocycles. The van der Waals surface area contributed by atoms with Gasteiger partial charge >= 0.3 is 0 Å². The fraction of sp³-hybridized carbons (Fsp3) is 0.323. The van der Waals surface area contributed by atoms with Gasteiger partial charge in [0.15, 0.2) is 0 Å². The van der Waals surface area contributed by atoms with Gasteiger partial charge in [0.1, 0.15) is 12.4 Å². The van der Waals surface area contributed by atoms with Crippen LogP contribution in [0.25, 0.3) is 10.9 Å². The first-order valence-electron chi connectivity index (χ1n) is 13.3. The van der Waals surface area contributed by atoms with Crippen LogP contribution in [-0.2, 0) is 22.7 Å². The number of ether oxygens (including phenoxy) is 1. The first-order chi connectivity index (χ1) is 18.6. The van der Waals surface area contributed by atoms with Crippen LogP contribution in [0.3, 0.4) is 0 Å². The molecule has 1 aliphatic heterocycles. The van der Waals surface area contributed by atoms with E-state index < -0.39 is 0 Å². The van der Waals surface area contributed by atoms with E-state index in [1.54, 1.807) is 0 Å². The number of amides is 1. The SMILES string of the molecule is CCC(c1nc2ccccc2c(=O)n1Cc1ccccc1)N1CCN(C(=O)COCc2ccccc2)CC1. The van der Waals surface area contributed by atoms with Crippen molar-refractivity contribution in [3.05, 3.63) is 112 Å². The summed E-state index contributed by atoms with van der Waals surface area (Å²) in [7, 11) is 0. The predicted molar refractivity (Wildman–Crippen MR) is 149 cm³/mol. The van der Waals surface area contributed by atoms with Crippen molar-refractivity contribution in [3.63, 3.8) is 0 Å². The number of aromatic nitrogens is 2. The molecular weight excluding hydrogens is 476 g/mol. The van der Waals surface area contributed by atoms with Gasteiger partial charge in [0, 0.05) is 26.2 Å². The summed E-state index contributed by atoms with van der Waals surface area (Å²) in [5.74, 6) is 0.796. The molecule has 0 N–H and O–H groups in total. The van der Waals surface area contributed by atoms with Crippen LogP contribution >= 0.6 is 0 Å². The highest BCUT2D eigenvalue weighted by Gasteiger charge is 2.29. The Labute approximate surface area is 223 Å². The molecule has 7 heteroatoms. The molecule has 196 valence electrons. The maximum Gasteiger partial charge on any atom is 0.261 e. The zero-order chi connectivity index (χ0) is 26.3. The zero-order valence-electron chi connectivity index (χ0n) is 21.8. The van der Waals surface area contributed by atoms with Crippen LogP contribution in [0, 0.1) is 0 Å². The maximum atomic E-state index is 13.6. The van der Waals surface area contributed by atoms with Crippen molar-refractivity contribution in [2.75, 3.05) is 32.8 Å². The molecule has 1 aromatic heterocycles. The van der Waals surface area contributed by atoms with E-state index in [2.05, 4.69) is 11.8 Å². The lowest BCUT2D eigenvalue weighted by Crippen LogP contribution is -2.51. The number of hydrogen-bond donors (Lipinski definition) is 0. The molecule has 3 aromatic carbocycles. The van der Waals surface area contributed by atoms with Crippen molar-refractivity contribution in [3.8, 4) is 0 Å². The minimum absolute atomic E-state index is 0.0124. The van der Waals surface area contributed by atoms with Gasteiger partial charge in [-0.15, -0.1) is 0 Å². The third-order valence-electron chi connectivity index (χ3n) is 7.20. The van der Waals surface area contributed by atoms with Crippen molar-refractivity contribution in [1.82, 2.24) is 19.4 Å². The van der Waals surface area contributed by atoms with Crippen molar-refractivity contribution in [2.24, 2.45) is 0 Å². The van der Waals surface area contributed by atoms with E-state index >= 15 is 0 Å². The van der Waals surface area contributed by atoms with Gasteiger partial charge < -0.3 is 9.64 Å². The van der Waals surface area contributed by atoms with Crippen LogP contribution in [0.15, 0.2) is 89.7 Å². The average Bonchev–Trinajstić information content (AvgIpc) is 2.97. The Balaban J connectivity index is 1.31. The van der Waals surface area contributed by atoms with Gasteiger partial charge in [-0.25, -0.2) is 4.98 Å². The van der Waals surface area contributed by atoms with Crippen molar-refractivity contribution >= 4 is 16.8 Å². The topological polar surface area (TPSA) is 67.7 Å². The molecule has 1 saturated heterocycles. The summed E-state index contributed by atoms with van der Waals surface area (Å²) in [5, 5.41) is 0.632. The Morgan fingerprint density at radius 2 is 1.50 bits per heavy atom. The van der Waals surface area contributed by atoms with E-state index in [1.165, 1.54) is 0 Å². The number of hydrogen-bond acceptors (Lipinski definition) is 5. The summed E-state index contributed by atoms with van der Waals surface area (Å²) >= 11 is 0. The molecule has 7 nitrogen and oxygen atoms in total. The third-order valence-corrected chi connectivity index (χ3v) is 7.20. The number of piperazine rings is 1. The van der Waals surface area contributed by atoms with Gasteiger partial charge in [-0.3, -0.25) is 19.1 Å². The lowest BCUT2D eigenvalue weighted by Gasteiger charge is -2.39. The molecule has 5 rings (SSSR count). The van der Waals surface area contributed by atoms with E-state index in [9.17, 15) is 9.59 Å². The van der Waals surface area contributed by atoms with Gasteiger partial charge in [-0.2, -0.15) is 0 Å². The Hall–Kier alpha value is -3.81. The highest BCUT2D eigenvalue weighted by molar-refractivity contribution is 5.78.